The van der Waals surface area contributed by atoms with Gasteiger partial charge in [0.25, 0.3) is 0 Å². The highest BCUT2D eigenvalue weighted by Crippen LogP contribution is 2.11. The lowest BCUT2D eigenvalue weighted by atomic mass is 10.1. The van der Waals surface area contributed by atoms with Crippen LogP contribution in [0.2, 0.25) is 0 Å². The van der Waals surface area contributed by atoms with E-state index in [1.807, 2.05) is 0 Å². The largest absolute Gasteiger partial charge is 0.293 e. The molecular formula is C11H12F2O2S. The van der Waals surface area contributed by atoms with Crippen LogP contribution in [0.25, 0.3) is 0 Å². The minimum Gasteiger partial charge on any atom is -0.293 e. The number of ketones is 1. The lowest BCUT2D eigenvalue weighted by Gasteiger charge is -2.05. The third-order valence-electron chi connectivity index (χ3n) is 2.03. The van der Waals surface area contributed by atoms with Gasteiger partial charge in [-0.1, -0.05) is 13.8 Å². The van der Waals surface area contributed by atoms with Gasteiger partial charge in [0.1, 0.15) is 11.6 Å². The average molecular weight is 246 g/mol. The molecule has 0 radical (unpaired) electrons. The van der Waals surface area contributed by atoms with E-state index in [4.69, 9.17) is 0 Å². The highest BCUT2D eigenvalue weighted by molar-refractivity contribution is 7.86. The van der Waals surface area contributed by atoms with Crippen LogP contribution in [0.15, 0.2) is 18.2 Å². The number of carbonyl (C=O) groups excluding carboxylic acids is 1. The summed E-state index contributed by atoms with van der Waals surface area (Å²) >= 11 is 0. The zero-order valence-electron chi connectivity index (χ0n) is 9.00. The number of hydrogen-bond donors (Lipinski definition) is 0. The van der Waals surface area contributed by atoms with E-state index in [0.29, 0.717) is 6.07 Å². The maximum atomic E-state index is 13.2. The molecule has 1 aromatic carbocycles. The Morgan fingerprint density at radius 1 is 1.38 bits per heavy atom. The quantitative estimate of drug-likeness (QED) is 0.764. The molecule has 88 valence electrons. The van der Waals surface area contributed by atoms with Gasteiger partial charge in [0, 0.05) is 22.1 Å². The molecule has 0 amide bonds. The van der Waals surface area contributed by atoms with E-state index in [9.17, 15) is 17.8 Å². The van der Waals surface area contributed by atoms with Crippen LogP contribution in [0.1, 0.15) is 24.2 Å². The zero-order chi connectivity index (χ0) is 12.3. The van der Waals surface area contributed by atoms with Gasteiger partial charge < -0.3 is 0 Å². The fraction of sp³-hybridized carbons (Fsp3) is 0.364. The molecule has 0 bridgehead atoms. The average Bonchev–Trinajstić information content (AvgIpc) is 2.16. The molecule has 0 fully saturated rings. The van der Waals surface area contributed by atoms with E-state index < -0.39 is 28.2 Å². The Hall–Kier alpha value is -1.10. The monoisotopic (exact) mass is 246 g/mol. The van der Waals surface area contributed by atoms with E-state index in [1.165, 1.54) is 0 Å². The SMILES string of the molecule is CC(C)S(=O)CC(=O)c1ccc(F)cc1F. The Labute approximate surface area is 95.1 Å². The number of halogens is 2. The molecule has 1 rings (SSSR count). The summed E-state index contributed by atoms with van der Waals surface area (Å²) in [6, 6.07) is 2.73. The number of Topliss-reactive ketones (excluding diaryl/α,β-unsaturated/α-hetero) is 1. The smallest absolute Gasteiger partial charge is 0.178 e. The fourth-order valence-electron chi connectivity index (χ4n) is 1.09. The van der Waals surface area contributed by atoms with Gasteiger partial charge in [-0.25, -0.2) is 8.78 Å². The molecule has 16 heavy (non-hydrogen) atoms. The summed E-state index contributed by atoms with van der Waals surface area (Å²) in [4.78, 5) is 11.5. The van der Waals surface area contributed by atoms with Crippen molar-refractivity contribution in [1.82, 2.24) is 0 Å². The summed E-state index contributed by atoms with van der Waals surface area (Å²) in [5, 5.41) is -0.160. The molecule has 0 saturated carbocycles. The Bertz CT molecular complexity index is 430. The number of benzene rings is 1. The molecule has 0 aliphatic heterocycles. The fourth-order valence-corrected chi connectivity index (χ4v) is 1.84. The van der Waals surface area contributed by atoms with Crippen molar-refractivity contribution in [3.05, 3.63) is 35.4 Å². The van der Waals surface area contributed by atoms with Crippen molar-refractivity contribution >= 4 is 16.6 Å². The van der Waals surface area contributed by atoms with Crippen LogP contribution < -0.4 is 0 Å². The Morgan fingerprint density at radius 2 is 2.00 bits per heavy atom. The highest BCUT2D eigenvalue weighted by atomic mass is 32.2. The summed E-state index contributed by atoms with van der Waals surface area (Å²) in [5.41, 5.74) is -0.213. The van der Waals surface area contributed by atoms with Crippen molar-refractivity contribution in [3.8, 4) is 0 Å². The van der Waals surface area contributed by atoms with Gasteiger partial charge in [0.2, 0.25) is 0 Å². The van der Waals surface area contributed by atoms with Gasteiger partial charge >= 0.3 is 0 Å². The van der Waals surface area contributed by atoms with Crippen LogP contribution in [0.3, 0.4) is 0 Å². The highest BCUT2D eigenvalue weighted by Gasteiger charge is 2.16. The summed E-state index contributed by atoms with van der Waals surface area (Å²) < 4.78 is 37.2. The second-order valence-corrected chi connectivity index (χ2v) is 5.61. The second-order valence-electron chi connectivity index (χ2n) is 3.62. The second kappa shape index (κ2) is 5.30. The predicted octanol–water partition coefficient (Wildman–Crippen LogP) is 2.30. The van der Waals surface area contributed by atoms with Gasteiger partial charge in [-0.2, -0.15) is 0 Å². The number of hydrogen-bond acceptors (Lipinski definition) is 2. The summed E-state index contributed by atoms with van der Waals surface area (Å²) in [5.74, 6) is -2.45. The zero-order valence-corrected chi connectivity index (χ0v) is 9.81. The molecule has 0 heterocycles. The minimum atomic E-state index is -1.33. The summed E-state index contributed by atoms with van der Waals surface area (Å²) in [6.07, 6.45) is 0. The topological polar surface area (TPSA) is 34.1 Å². The molecule has 0 N–H and O–H groups in total. The predicted molar refractivity (Wildman–Crippen MR) is 58.8 cm³/mol. The molecule has 0 aliphatic carbocycles. The van der Waals surface area contributed by atoms with Crippen LogP contribution in [-0.4, -0.2) is 21.0 Å². The third kappa shape index (κ3) is 3.20. The first-order valence-electron chi connectivity index (χ1n) is 4.77. The lowest BCUT2D eigenvalue weighted by Crippen LogP contribution is -2.18. The lowest BCUT2D eigenvalue weighted by molar-refractivity contribution is 0.101. The molecule has 0 saturated heterocycles. The molecule has 1 atom stereocenters. The van der Waals surface area contributed by atoms with Gasteiger partial charge in [-0.15, -0.1) is 0 Å². The maximum Gasteiger partial charge on any atom is 0.178 e. The molecule has 5 heteroatoms. The van der Waals surface area contributed by atoms with Crippen molar-refractivity contribution in [2.24, 2.45) is 0 Å². The van der Waals surface area contributed by atoms with Crippen LogP contribution in [-0.2, 0) is 10.8 Å². The first-order chi connectivity index (χ1) is 7.41. The maximum absolute atomic E-state index is 13.2. The third-order valence-corrected chi connectivity index (χ3v) is 3.63. The van der Waals surface area contributed by atoms with Crippen molar-refractivity contribution < 1.29 is 17.8 Å². The van der Waals surface area contributed by atoms with Gasteiger partial charge in [0.15, 0.2) is 5.78 Å². The first kappa shape index (κ1) is 13.0. The summed E-state index contributed by atoms with van der Waals surface area (Å²) in [6.45, 7) is 3.43. The van der Waals surface area contributed by atoms with Crippen molar-refractivity contribution in [1.29, 1.82) is 0 Å². The van der Waals surface area contributed by atoms with Gasteiger partial charge in [-0.05, 0) is 12.1 Å². The Kier molecular flexibility index (Phi) is 4.29. The Morgan fingerprint density at radius 3 is 2.50 bits per heavy atom. The molecule has 0 aliphatic rings. The Balaban J connectivity index is 2.85. The summed E-state index contributed by atoms with van der Waals surface area (Å²) in [7, 11) is -1.33. The van der Waals surface area contributed by atoms with Crippen LogP contribution in [0, 0.1) is 11.6 Å². The number of rotatable bonds is 4. The minimum absolute atomic E-state index is 0.160. The van der Waals surface area contributed by atoms with Crippen molar-refractivity contribution in [2.45, 2.75) is 19.1 Å². The first-order valence-corrected chi connectivity index (χ1v) is 6.15. The van der Waals surface area contributed by atoms with Gasteiger partial charge in [-0.3, -0.25) is 9.00 Å². The van der Waals surface area contributed by atoms with Crippen LogP contribution in [0.5, 0.6) is 0 Å². The van der Waals surface area contributed by atoms with Crippen LogP contribution in [0.4, 0.5) is 8.78 Å². The molecule has 0 spiro atoms. The van der Waals surface area contributed by atoms with Crippen molar-refractivity contribution in [3.63, 3.8) is 0 Å². The van der Waals surface area contributed by atoms with E-state index >= 15 is 0 Å². The van der Waals surface area contributed by atoms with E-state index in [2.05, 4.69) is 0 Å². The van der Waals surface area contributed by atoms with Crippen molar-refractivity contribution in [2.75, 3.05) is 5.75 Å². The van der Waals surface area contributed by atoms with Gasteiger partial charge in [0.05, 0.1) is 11.3 Å². The molecule has 0 aromatic heterocycles. The number of carbonyl (C=O) groups is 1. The molecule has 1 aromatic rings. The molecule has 1 unspecified atom stereocenters. The molecular weight excluding hydrogens is 234 g/mol. The molecule has 2 nitrogen and oxygen atoms in total. The van der Waals surface area contributed by atoms with Crippen LogP contribution >= 0.6 is 0 Å². The normalized spacial score (nSPS) is 12.8. The van der Waals surface area contributed by atoms with E-state index in [-0.39, 0.29) is 16.6 Å². The standard InChI is InChI=1S/C11H12F2O2S/c1-7(2)16(15)6-11(14)9-4-3-8(12)5-10(9)13/h3-5,7H,6H2,1-2H3. The van der Waals surface area contributed by atoms with E-state index in [1.54, 1.807) is 13.8 Å². The van der Waals surface area contributed by atoms with E-state index in [0.717, 1.165) is 12.1 Å².